The highest BCUT2D eigenvalue weighted by atomic mass is 16.5. The molecule has 0 saturated heterocycles. The Morgan fingerprint density at radius 3 is 2.52 bits per heavy atom. The van der Waals surface area contributed by atoms with Crippen molar-refractivity contribution in [2.24, 2.45) is 0 Å². The second-order valence-corrected chi connectivity index (χ2v) is 4.57. The van der Waals surface area contributed by atoms with Crippen LogP contribution in [-0.2, 0) is 13.2 Å². The minimum absolute atomic E-state index is 0.0448. The third-order valence-corrected chi connectivity index (χ3v) is 3.00. The maximum absolute atomic E-state index is 9.19. The lowest BCUT2D eigenvalue weighted by Crippen LogP contribution is -2.02. The zero-order chi connectivity index (χ0) is 15.2. The Morgan fingerprint density at radius 1 is 1.05 bits per heavy atom. The van der Waals surface area contributed by atoms with E-state index in [1.807, 2.05) is 19.1 Å². The van der Waals surface area contributed by atoms with Crippen LogP contribution in [0.15, 0.2) is 30.3 Å². The van der Waals surface area contributed by atoms with Crippen LogP contribution in [0.1, 0.15) is 17.0 Å². The predicted octanol–water partition coefficient (Wildman–Crippen LogP) is 2.48. The summed E-state index contributed by atoms with van der Waals surface area (Å²) in [6.07, 6.45) is 0. The molecule has 2 rings (SSSR count). The molecule has 0 fully saturated rings. The number of methoxy groups -OCH3 is 2. The zero-order valence-electron chi connectivity index (χ0n) is 12.4. The Bertz CT molecular complexity index is 613. The van der Waals surface area contributed by atoms with Crippen LogP contribution in [0.5, 0.6) is 17.2 Å². The highest BCUT2D eigenvalue weighted by Crippen LogP contribution is 2.29. The van der Waals surface area contributed by atoms with Gasteiger partial charge in [-0.3, -0.25) is 4.98 Å². The van der Waals surface area contributed by atoms with Crippen molar-refractivity contribution in [2.45, 2.75) is 20.1 Å². The Balaban J connectivity index is 2.17. The molecule has 0 atom stereocenters. The molecule has 1 heterocycles. The van der Waals surface area contributed by atoms with Crippen LogP contribution in [0.2, 0.25) is 0 Å². The van der Waals surface area contributed by atoms with Crippen LogP contribution >= 0.6 is 0 Å². The monoisotopic (exact) mass is 289 g/mol. The summed E-state index contributed by atoms with van der Waals surface area (Å²) in [5.74, 6) is 1.94. The SMILES string of the molecule is COc1cc(C)nc(COc2cc(CO)ccc2OC)c1. The second-order valence-electron chi connectivity index (χ2n) is 4.57. The largest absolute Gasteiger partial charge is 0.497 e. The first kappa shape index (κ1) is 15.1. The average Bonchev–Trinajstić information content (AvgIpc) is 2.51. The molecule has 0 saturated carbocycles. The van der Waals surface area contributed by atoms with Gasteiger partial charge >= 0.3 is 0 Å². The number of aliphatic hydroxyl groups excluding tert-OH is 1. The quantitative estimate of drug-likeness (QED) is 0.885. The van der Waals surface area contributed by atoms with Crippen LogP contribution in [0, 0.1) is 6.92 Å². The highest BCUT2D eigenvalue weighted by Gasteiger charge is 2.07. The van der Waals surface area contributed by atoms with E-state index < -0.39 is 0 Å². The number of hydrogen-bond acceptors (Lipinski definition) is 5. The Morgan fingerprint density at radius 2 is 1.86 bits per heavy atom. The lowest BCUT2D eigenvalue weighted by molar-refractivity contribution is 0.269. The van der Waals surface area contributed by atoms with E-state index in [1.165, 1.54) is 0 Å². The van der Waals surface area contributed by atoms with Crippen molar-refractivity contribution in [1.29, 1.82) is 0 Å². The lowest BCUT2D eigenvalue weighted by atomic mass is 10.2. The molecule has 1 N–H and O–H groups in total. The fourth-order valence-corrected chi connectivity index (χ4v) is 1.98. The zero-order valence-corrected chi connectivity index (χ0v) is 12.4. The molecular weight excluding hydrogens is 270 g/mol. The molecule has 1 aromatic heterocycles. The van der Waals surface area contributed by atoms with Crippen molar-refractivity contribution < 1.29 is 19.3 Å². The number of aromatic nitrogens is 1. The molecule has 5 heteroatoms. The molecule has 0 aliphatic rings. The molecule has 2 aromatic rings. The summed E-state index contributed by atoms with van der Waals surface area (Å²) >= 11 is 0. The molecule has 1 aromatic carbocycles. The fraction of sp³-hybridized carbons (Fsp3) is 0.312. The summed E-state index contributed by atoms with van der Waals surface area (Å²) in [7, 11) is 3.20. The fourth-order valence-electron chi connectivity index (χ4n) is 1.98. The molecular formula is C16H19NO4. The van der Waals surface area contributed by atoms with Crippen LogP contribution < -0.4 is 14.2 Å². The molecule has 0 bridgehead atoms. The number of pyridine rings is 1. The lowest BCUT2D eigenvalue weighted by Gasteiger charge is -2.12. The van der Waals surface area contributed by atoms with Crippen LogP contribution in [0.3, 0.4) is 0 Å². The van der Waals surface area contributed by atoms with E-state index in [1.54, 1.807) is 32.4 Å². The topological polar surface area (TPSA) is 60.8 Å². The standard InChI is InChI=1S/C16H19NO4/c1-11-6-14(19-2)8-13(17-11)10-21-16-7-12(9-18)4-5-15(16)20-3/h4-8,18H,9-10H2,1-3H3. The minimum Gasteiger partial charge on any atom is -0.497 e. The van der Waals surface area contributed by atoms with Gasteiger partial charge in [0.05, 0.1) is 26.5 Å². The minimum atomic E-state index is -0.0448. The summed E-state index contributed by atoms with van der Waals surface area (Å²) in [5, 5.41) is 9.19. The number of aliphatic hydroxyl groups is 1. The summed E-state index contributed by atoms with van der Waals surface area (Å²) in [6.45, 7) is 2.15. The molecule has 0 radical (unpaired) electrons. The van der Waals surface area contributed by atoms with Crippen LogP contribution in [0.25, 0.3) is 0 Å². The maximum atomic E-state index is 9.19. The average molecular weight is 289 g/mol. The van der Waals surface area contributed by atoms with Crippen LogP contribution in [-0.4, -0.2) is 24.3 Å². The second kappa shape index (κ2) is 6.95. The summed E-state index contributed by atoms with van der Waals surface area (Å²) in [6, 6.07) is 9.00. The van der Waals surface area contributed by atoms with E-state index in [9.17, 15) is 5.11 Å². The third-order valence-electron chi connectivity index (χ3n) is 3.00. The van der Waals surface area contributed by atoms with Gasteiger partial charge in [0, 0.05) is 17.8 Å². The van der Waals surface area contributed by atoms with Crippen molar-refractivity contribution in [2.75, 3.05) is 14.2 Å². The van der Waals surface area contributed by atoms with E-state index in [-0.39, 0.29) is 6.61 Å². The molecule has 0 aliphatic heterocycles. The first-order valence-electron chi connectivity index (χ1n) is 6.58. The number of hydrogen-bond donors (Lipinski definition) is 1. The van der Waals surface area contributed by atoms with E-state index in [0.29, 0.717) is 18.1 Å². The third kappa shape index (κ3) is 3.86. The smallest absolute Gasteiger partial charge is 0.162 e. The Hall–Kier alpha value is -2.27. The number of ether oxygens (including phenoxy) is 3. The van der Waals surface area contributed by atoms with E-state index in [4.69, 9.17) is 14.2 Å². The number of aryl methyl sites for hydroxylation is 1. The molecule has 0 amide bonds. The van der Waals surface area contributed by atoms with E-state index in [0.717, 1.165) is 22.7 Å². The van der Waals surface area contributed by atoms with Crippen molar-refractivity contribution >= 4 is 0 Å². The van der Waals surface area contributed by atoms with Gasteiger partial charge in [0.15, 0.2) is 11.5 Å². The van der Waals surface area contributed by atoms with Crippen molar-refractivity contribution in [3.05, 3.63) is 47.3 Å². The van der Waals surface area contributed by atoms with Gasteiger partial charge in [-0.05, 0) is 24.6 Å². The highest BCUT2D eigenvalue weighted by molar-refractivity contribution is 5.43. The van der Waals surface area contributed by atoms with Gasteiger partial charge in [-0.2, -0.15) is 0 Å². The van der Waals surface area contributed by atoms with Crippen LogP contribution in [0.4, 0.5) is 0 Å². The molecule has 112 valence electrons. The van der Waals surface area contributed by atoms with Gasteiger partial charge in [-0.25, -0.2) is 0 Å². The van der Waals surface area contributed by atoms with Gasteiger partial charge in [0.25, 0.3) is 0 Å². The van der Waals surface area contributed by atoms with E-state index >= 15 is 0 Å². The van der Waals surface area contributed by atoms with Crippen molar-refractivity contribution in [3.8, 4) is 17.2 Å². The van der Waals surface area contributed by atoms with Gasteiger partial charge in [0.2, 0.25) is 0 Å². The molecule has 5 nitrogen and oxygen atoms in total. The molecule has 0 aliphatic carbocycles. The summed E-state index contributed by atoms with van der Waals surface area (Å²) in [4.78, 5) is 4.40. The predicted molar refractivity (Wildman–Crippen MR) is 78.8 cm³/mol. The Labute approximate surface area is 124 Å². The first-order chi connectivity index (χ1) is 10.2. The normalized spacial score (nSPS) is 10.3. The summed E-state index contributed by atoms with van der Waals surface area (Å²) < 4.78 is 16.2. The number of rotatable bonds is 6. The molecule has 21 heavy (non-hydrogen) atoms. The van der Waals surface area contributed by atoms with Gasteiger partial charge in [-0.1, -0.05) is 6.07 Å². The molecule has 0 spiro atoms. The van der Waals surface area contributed by atoms with Gasteiger partial charge < -0.3 is 19.3 Å². The van der Waals surface area contributed by atoms with E-state index in [2.05, 4.69) is 4.98 Å². The molecule has 0 unspecified atom stereocenters. The van der Waals surface area contributed by atoms with Gasteiger partial charge in [-0.15, -0.1) is 0 Å². The number of nitrogens with zero attached hydrogens (tertiary/aromatic N) is 1. The van der Waals surface area contributed by atoms with Crippen molar-refractivity contribution in [1.82, 2.24) is 4.98 Å². The van der Waals surface area contributed by atoms with Crippen molar-refractivity contribution in [3.63, 3.8) is 0 Å². The van der Waals surface area contributed by atoms with Gasteiger partial charge in [0.1, 0.15) is 12.4 Å². The number of benzene rings is 1. The maximum Gasteiger partial charge on any atom is 0.162 e. The Kier molecular flexibility index (Phi) is 5.00. The summed E-state index contributed by atoms with van der Waals surface area (Å²) in [5.41, 5.74) is 2.40. The first-order valence-corrected chi connectivity index (χ1v) is 6.58.